The van der Waals surface area contributed by atoms with Crippen molar-refractivity contribution in [3.05, 3.63) is 34.9 Å². The molecule has 1 aliphatic rings. The highest BCUT2D eigenvalue weighted by molar-refractivity contribution is 6.30. The standard InChI is InChI=1S/C20H27ClN2O4/c1-4-13(2)17(22-18(24)14-5-7-16(21)8-6-14)19(25)23-11-9-15(10-12-23)20(26)27-3/h5-8,13,15,17H,4,9-12H2,1-3H3,(H,22,24). The Kier molecular flexibility index (Phi) is 7.66. The van der Waals surface area contributed by atoms with E-state index >= 15 is 0 Å². The number of benzene rings is 1. The molecule has 1 aliphatic heterocycles. The van der Waals surface area contributed by atoms with Gasteiger partial charge in [-0.3, -0.25) is 14.4 Å². The summed E-state index contributed by atoms with van der Waals surface area (Å²) in [4.78, 5) is 39.0. The number of nitrogens with zero attached hydrogens (tertiary/aromatic N) is 1. The third kappa shape index (κ3) is 5.45. The average molecular weight is 395 g/mol. The molecule has 0 saturated carbocycles. The Hall–Kier alpha value is -2.08. The van der Waals surface area contributed by atoms with E-state index in [4.69, 9.17) is 16.3 Å². The molecule has 2 atom stereocenters. The van der Waals surface area contributed by atoms with E-state index in [0.29, 0.717) is 36.5 Å². The van der Waals surface area contributed by atoms with Gasteiger partial charge in [0.1, 0.15) is 6.04 Å². The van der Waals surface area contributed by atoms with Crippen LogP contribution in [0, 0.1) is 11.8 Å². The fourth-order valence-electron chi connectivity index (χ4n) is 3.21. The Bertz CT molecular complexity index is 669. The minimum atomic E-state index is -0.604. The normalized spacial score (nSPS) is 17.1. The van der Waals surface area contributed by atoms with Crippen LogP contribution in [0.4, 0.5) is 0 Å². The van der Waals surface area contributed by atoms with Crippen molar-refractivity contribution in [3.63, 3.8) is 0 Å². The third-order valence-electron chi connectivity index (χ3n) is 5.21. The van der Waals surface area contributed by atoms with Crippen molar-refractivity contribution in [1.29, 1.82) is 0 Å². The summed E-state index contributed by atoms with van der Waals surface area (Å²) in [5.41, 5.74) is 0.463. The van der Waals surface area contributed by atoms with Crippen molar-refractivity contribution in [3.8, 4) is 0 Å². The maximum absolute atomic E-state index is 13.0. The number of hydrogen-bond acceptors (Lipinski definition) is 4. The number of ether oxygens (including phenoxy) is 1. The van der Waals surface area contributed by atoms with Crippen LogP contribution in [0.25, 0.3) is 0 Å². The van der Waals surface area contributed by atoms with Crippen molar-refractivity contribution >= 4 is 29.4 Å². The van der Waals surface area contributed by atoms with Gasteiger partial charge in [0.2, 0.25) is 5.91 Å². The molecule has 6 nitrogen and oxygen atoms in total. The van der Waals surface area contributed by atoms with Crippen LogP contribution in [-0.2, 0) is 14.3 Å². The predicted molar refractivity (Wildman–Crippen MR) is 103 cm³/mol. The highest BCUT2D eigenvalue weighted by Gasteiger charge is 2.34. The molecule has 1 fully saturated rings. The van der Waals surface area contributed by atoms with Gasteiger partial charge in [-0.05, 0) is 43.0 Å². The lowest BCUT2D eigenvalue weighted by Gasteiger charge is -2.35. The number of carbonyl (C=O) groups is 3. The van der Waals surface area contributed by atoms with Crippen LogP contribution in [0.2, 0.25) is 5.02 Å². The largest absolute Gasteiger partial charge is 0.469 e. The first-order valence-electron chi connectivity index (χ1n) is 9.30. The predicted octanol–water partition coefficient (Wildman–Crippen LogP) is 2.90. The summed E-state index contributed by atoms with van der Waals surface area (Å²) in [7, 11) is 1.38. The zero-order valence-electron chi connectivity index (χ0n) is 16.0. The van der Waals surface area contributed by atoms with E-state index in [1.54, 1.807) is 29.2 Å². The Balaban J connectivity index is 2.05. The second kappa shape index (κ2) is 9.74. The molecule has 0 bridgehead atoms. The van der Waals surface area contributed by atoms with Crippen LogP contribution in [0.15, 0.2) is 24.3 Å². The van der Waals surface area contributed by atoms with Crippen LogP contribution in [-0.4, -0.2) is 48.9 Å². The van der Waals surface area contributed by atoms with Gasteiger partial charge >= 0.3 is 5.97 Å². The maximum Gasteiger partial charge on any atom is 0.308 e. The highest BCUT2D eigenvalue weighted by atomic mass is 35.5. The van der Waals surface area contributed by atoms with Crippen LogP contribution < -0.4 is 5.32 Å². The van der Waals surface area contributed by atoms with E-state index in [-0.39, 0.29) is 29.6 Å². The maximum atomic E-state index is 13.0. The van der Waals surface area contributed by atoms with Gasteiger partial charge in [-0.1, -0.05) is 31.9 Å². The topological polar surface area (TPSA) is 75.7 Å². The summed E-state index contributed by atoms with van der Waals surface area (Å²) >= 11 is 5.87. The van der Waals surface area contributed by atoms with Crippen LogP contribution in [0.5, 0.6) is 0 Å². The zero-order chi connectivity index (χ0) is 20.0. The highest BCUT2D eigenvalue weighted by Crippen LogP contribution is 2.21. The number of methoxy groups -OCH3 is 1. The number of piperidine rings is 1. The molecule has 0 spiro atoms. The fourth-order valence-corrected chi connectivity index (χ4v) is 3.33. The Morgan fingerprint density at radius 1 is 1.22 bits per heavy atom. The van der Waals surface area contributed by atoms with Crippen LogP contribution in [0.1, 0.15) is 43.5 Å². The number of amides is 2. The first-order valence-corrected chi connectivity index (χ1v) is 9.68. The van der Waals surface area contributed by atoms with Crippen molar-refractivity contribution in [2.24, 2.45) is 11.8 Å². The van der Waals surface area contributed by atoms with Gasteiger partial charge < -0.3 is 15.0 Å². The van der Waals surface area contributed by atoms with Crippen molar-refractivity contribution < 1.29 is 19.1 Å². The van der Waals surface area contributed by atoms with E-state index in [0.717, 1.165) is 6.42 Å². The summed E-state index contributed by atoms with van der Waals surface area (Å²) in [5.74, 6) is -0.793. The molecule has 27 heavy (non-hydrogen) atoms. The van der Waals surface area contributed by atoms with Crippen molar-refractivity contribution in [1.82, 2.24) is 10.2 Å². The molecular weight excluding hydrogens is 368 g/mol. The second-order valence-corrected chi connectivity index (χ2v) is 7.40. The molecule has 1 N–H and O–H groups in total. The third-order valence-corrected chi connectivity index (χ3v) is 5.47. The summed E-state index contributed by atoms with van der Waals surface area (Å²) in [6.45, 7) is 4.92. The number of esters is 1. The lowest BCUT2D eigenvalue weighted by Crippen LogP contribution is -2.53. The number of halogens is 1. The number of likely N-dealkylation sites (tertiary alicyclic amines) is 1. The molecule has 2 amide bonds. The van der Waals surface area contributed by atoms with Gasteiger partial charge in [0, 0.05) is 23.7 Å². The molecule has 2 unspecified atom stereocenters. The minimum Gasteiger partial charge on any atom is -0.469 e. The first kappa shape index (κ1) is 21.2. The molecule has 2 rings (SSSR count). The van der Waals surface area contributed by atoms with E-state index < -0.39 is 6.04 Å². The van der Waals surface area contributed by atoms with E-state index in [9.17, 15) is 14.4 Å². The zero-order valence-corrected chi connectivity index (χ0v) is 16.8. The quantitative estimate of drug-likeness (QED) is 0.753. The van der Waals surface area contributed by atoms with Gasteiger partial charge in [-0.15, -0.1) is 0 Å². The number of carbonyl (C=O) groups excluding carboxylic acids is 3. The molecule has 0 aromatic heterocycles. The Labute approximate surface area is 165 Å². The van der Waals surface area contributed by atoms with Crippen LogP contribution in [0.3, 0.4) is 0 Å². The van der Waals surface area contributed by atoms with E-state index in [1.807, 2.05) is 13.8 Å². The molecule has 0 radical (unpaired) electrons. The summed E-state index contributed by atoms with van der Waals surface area (Å²) < 4.78 is 4.79. The Morgan fingerprint density at radius 2 is 1.81 bits per heavy atom. The van der Waals surface area contributed by atoms with Crippen LogP contribution >= 0.6 is 11.6 Å². The number of rotatable bonds is 6. The lowest BCUT2D eigenvalue weighted by molar-refractivity contribution is -0.149. The van der Waals surface area contributed by atoms with Crippen molar-refractivity contribution in [2.45, 2.75) is 39.2 Å². The molecular formula is C20H27ClN2O4. The summed E-state index contributed by atoms with van der Waals surface area (Å²) in [5, 5.41) is 3.43. The Morgan fingerprint density at radius 3 is 2.33 bits per heavy atom. The summed E-state index contributed by atoms with van der Waals surface area (Å²) in [6.07, 6.45) is 1.92. The molecule has 148 valence electrons. The number of nitrogens with one attached hydrogen (secondary N) is 1. The van der Waals surface area contributed by atoms with Gasteiger partial charge in [-0.25, -0.2) is 0 Å². The molecule has 1 aromatic carbocycles. The van der Waals surface area contributed by atoms with Gasteiger partial charge in [0.25, 0.3) is 5.91 Å². The van der Waals surface area contributed by atoms with Gasteiger partial charge in [-0.2, -0.15) is 0 Å². The number of hydrogen-bond donors (Lipinski definition) is 1. The monoisotopic (exact) mass is 394 g/mol. The first-order chi connectivity index (χ1) is 12.9. The van der Waals surface area contributed by atoms with Gasteiger partial charge in [0.15, 0.2) is 0 Å². The summed E-state index contributed by atoms with van der Waals surface area (Å²) in [6, 6.07) is 5.96. The molecule has 0 aliphatic carbocycles. The SMILES string of the molecule is CCC(C)C(NC(=O)c1ccc(Cl)cc1)C(=O)N1CCC(C(=O)OC)CC1. The molecule has 1 heterocycles. The molecule has 7 heteroatoms. The fraction of sp³-hybridized carbons (Fsp3) is 0.550. The second-order valence-electron chi connectivity index (χ2n) is 6.97. The van der Waals surface area contributed by atoms with E-state index in [2.05, 4.69) is 5.32 Å². The smallest absolute Gasteiger partial charge is 0.308 e. The molecule has 1 aromatic rings. The average Bonchev–Trinajstić information content (AvgIpc) is 2.70. The van der Waals surface area contributed by atoms with E-state index in [1.165, 1.54) is 7.11 Å². The minimum absolute atomic E-state index is 0.00733. The lowest BCUT2D eigenvalue weighted by atomic mass is 9.93. The molecule has 1 saturated heterocycles. The van der Waals surface area contributed by atoms with Gasteiger partial charge in [0.05, 0.1) is 13.0 Å². The van der Waals surface area contributed by atoms with Crippen molar-refractivity contribution in [2.75, 3.05) is 20.2 Å².